The lowest BCUT2D eigenvalue weighted by Gasteiger charge is -2.24. The van der Waals surface area contributed by atoms with Crippen LogP contribution in [-0.2, 0) is 9.59 Å². The van der Waals surface area contributed by atoms with Gasteiger partial charge in [-0.15, -0.1) is 0 Å². The number of ether oxygens (including phenoxy) is 1. The van der Waals surface area contributed by atoms with Crippen molar-refractivity contribution in [1.29, 1.82) is 0 Å². The molecule has 0 spiro atoms. The second kappa shape index (κ2) is 10.3. The van der Waals surface area contributed by atoms with Gasteiger partial charge in [0.05, 0.1) is 18.4 Å². The highest BCUT2D eigenvalue weighted by Crippen LogP contribution is 2.36. The van der Waals surface area contributed by atoms with Gasteiger partial charge >= 0.3 is 11.9 Å². The van der Waals surface area contributed by atoms with Gasteiger partial charge in [-0.2, -0.15) is 0 Å². The summed E-state index contributed by atoms with van der Waals surface area (Å²) in [6.45, 7) is 12.5. The number of hydrogen-bond donors (Lipinski definition) is 2. The summed E-state index contributed by atoms with van der Waals surface area (Å²) < 4.78 is 5.78. The Bertz CT molecular complexity index is 634. The molecule has 5 nitrogen and oxygen atoms in total. The van der Waals surface area contributed by atoms with E-state index in [4.69, 9.17) is 4.74 Å². The average molecular weight is 379 g/mol. The molecular formula is C22H34O5. The first-order valence-electron chi connectivity index (χ1n) is 9.75. The summed E-state index contributed by atoms with van der Waals surface area (Å²) in [5, 5.41) is 19.6. The van der Waals surface area contributed by atoms with Gasteiger partial charge in [-0.05, 0) is 53.9 Å². The van der Waals surface area contributed by atoms with Crippen LogP contribution in [0.1, 0.15) is 77.3 Å². The minimum atomic E-state index is -0.931. The third-order valence-corrected chi connectivity index (χ3v) is 4.40. The summed E-state index contributed by atoms with van der Waals surface area (Å²) in [4.78, 5) is 23.9. The van der Waals surface area contributed by atoms with E-state index in [0.29, 0.717) is 42.2 Å². The number of rotatable bonds is 11. The van der Waals surface area contributed by atoms with Crippen LogP contribution in [0.5, 0.6) is 5.75 Å². The number of carbonyl (C=O) groups is 2. The summed E-state index contributed by atoms with van der Waals surface area (Å²) in [5.41, 5.74) is 1.15. The van der Waals surface area contributed by atoms with Gasteiger partial charge in [0.1, 0.15) is 5.75 Å². The topological polar surface area (TPSA) is 83.8 Å². The lowest BCUT2D eigenvalue weighted by atomic mass is 9.81. The molecule has 152 valence electrons. The Balaban J connectivity index is 3.46. The lowest BCUT2D eigenvalue weighted by Crippen LogP contribution is -2.21. The molecule has 0 aliphatic heterocycles. The molecule has 2 unspecified atom stereocenters. The molecular weight excluding hydrogens is 344 g/mol. The molecule has 27 heavy (non-hydrogen) atoms. The normalized spacial score (nSPS) is 13.8. The highest BCUT2D eigenvalue weighted by atomic mass is 16.5. The quantitative estimate of drug-likeness (QED) is 0.556. The Labute approximate surface area is 162 Å². The molecule has 0 aromatic heterocycles. The Hall–Kier alpha value is -2.04. The van der Waals surface area contributed by atoms with Crippen molar-refractivity contribution in [3.8, 4) is 5.75 Å². The van der Waals surface area contributed by atoms with E-state index in [9.17, 15) is 19.8 Å². The van der Waals surface area contributed by atoms with Gasteiger partial charge in [0.2, 0.25) is 0 Å². The summed E-state index contributed by atoms with van der Waals surface area (Å²) in [6, 6.07) is 5.23. The summed E-state index contributed by atoms with van der Waals surface area (Å²) in [5.74, 6) is -2.05. The van der Waals surface area contributed by atoms with E-state index >= 15 is 0 Å². The SMILES string of the molecule is CC(C)COc1ccc(C(CC(C)C)C(=O)O)c(C(CC(C)C)C(=O)O)c1. The van der Waals surface area contributed by atoms with Crippen LogP contribution >= 0.6 is 0 Å². The molecule has 1 aromatic rings. The Morgan fingerprint density at radius 2 is 1.30 bits per heavy atom. The zero-order chi connectivity index (χ0) is 20.7. The fourth-order valence-electron chi connectivity index (χ4n) is 3.19. The molecule has 2 N–H and O–H groups in total. The molecule has 0 heterocycles. The minimum absolute atomic E-state index is 0.174. The van der Waals surface area contributed by atoms with Crippen LogP contribution in [-0.4, -0.2) is 28.8 Å². The van der Waals surface area contributed by atoms with Crippen molar-refractivity contribution in [3.63, 3.8) is 0 Å². The predicted octanol–water partition coefficient (Wildman–Crippen LogP) is 5.15. The monoisotopic (exact) mass is 378 g/mol. The van der Waals surface area contributed by atoms with Crippen LogP contribution in [0.25, 0.3) is 0 Å². The number of carboxylic acid groups (broad SMARTS) is 2. The van der Waals surface area contributed by atoms with Crippen LogP contribution in [0.2, 0.25) is 0 Å². The molecule has 1 aromatic carbocycles. The van der Waals surface area contributed by atoms with E-state index in [-0.39, 0.29) is 11.8 Å². The molecule has 0 saturated heterocycles. The van der Waals surface area contributed by atoms with Crippen LogP contribution in [0, 0.1) is 17.8 Å². The second-order valence-corrected chi connectivity index (χ2v) is 8.54. The molecule has 0 aliphatic carbocycles. The Kier molecular flexibility index (Phi) is 8.80. The lowest BCUT2D eigenvalue weighted by molar-refractivity contribution is -0.140. The number of aliphatic carboxylic acids is 2. The van der Waals surface area contributed by atoms with Gasteiger partial charge in [-0.3, -0.25) is 9.59 Å². The highest BCUT2D eigenvalue weighted by molar-refractivity contribution is 5.81. The number of benzene rings is 1. The third-order valence-electron chi connectivity index (χ3n) is 4.40. The third kappa shape index (κ3) is 7.24. The summed E-state index contributed by atoms with van der Waals surface area (Å²) in [6.07, 6.45) is 0.909. The number of hydrogen-bond acceptors (Lipinski definition) is 3. The second-order valence-electron chi connectivity index (χ2n) is 8.54. The van der Waals surface area contributed by atoms with Gasteiger partial charge in [0, 0.05) is 0 Å². The fourth-order valence-corrected chi connectivity index (χ4v) is 3.19. The summed E-state index contributed by atoms with van der Waals surface area (Å²) in [7, 11) is 0. The predicted molar refractivity (Wildman–Crippen MR) is 106 cm³/mol. The maximum Gasteiger partial charge on any atom is 0.310 e. The van der Waals surface area contributed by atoms with Gasteiger partial charge in [0.25, 0.3) is 0 Å². The maximum atomic E-state index is 12.0. The van der Waals surface area contributed by atoms with Crippen molar-refractivity contribution in [2.75, 3.05) is 6.61 Å². The minimum Gasteiger partial charge on any atom is -0.493 e. The van der Waals surface area contributed by atoms with Gasteiger partial charge in [-0.1, -0.05) is 47.6 Å². The Morgan fingerprint density at radius 3 is 1.70 bits per heavy atom. The molecule has 0 aliphatic rings. The Morgan fingerprint density at radius 1 is 0.815 bits per heavy atom. The number of carboxylic acids is 2. The van der Waals surface area contributed by atoms with Crippen molar-refractivity contribution in [2.45, 2.75) is 66.2 Å². The molecule has 1 rings (SSSR count). The molecule has 5 heteroatoms. The molecule has 0 radical (unpaired) electrons. The first kappa shape index (κ1) is 23.0. The van der Waals surface area contributed by atoms with Gasteiger partial charge in [0.15, 0.2) is 0 Å². The van der Waals surface area contributed by atoms with E-state index in [0.717, 1.165) is 0 Å². The van der Waals surface area contributed by atoms with Crippen LogP contribution in [0.3, 0.4) is 0 Å². The van der Waals surface area contributed by atoms with E-state index in [2.05, 4.69) is 0 Å². The largest absolute Gasteiger partial charge is 0.493 e. The first-order chi connectivity index (χ1) is 12.5. The molecule has 0 fully saturated rings. The summed E-state index contributed by atoms with van der Waals surface area (Å²) >= 11 is 0. The molecule has 0 saturated carbocycles. The van der Waals surface area contributed by atoms with Gasteiger partial charge < -0.3 is 14.9 Å². The molecule has 2 atom stereocenters. The van der Waals surface area contributed by atoms with E-state index in [1.807, 2.05) is 41.5 Å². The van der Waals surface area contributed by atoms with Crippen LogP contribution < -0.4 is 4.74 Å². The van der Waals surface area contributed by atoms with Crippen molar-refractivity contribution < 1.29 is 24.5 Å². The van der Waals surface area contributed by atoms with Crippen molar-refractivity contribution in [3.05, 3.63) is 29.3 Å². The maximum absolute atomic E-state index is 12.0. The average Bonchev–Trinajstić information content (AvgIpc) is 2.55. The fraction of sp³-hybridized carbons (Fsp3) is 0.636. The van der Waals surface area contributed by atoms with Crippen molar-refractivity contribution in [1.82, 2.24) is 0 Å². The van der Waals surface area contributed by atoms with E-state index in [1.165, 1.54) is 0 Å². The van der Waals surface area contributed by atoms with E-state index in [1.54, 1.807) is 18.2 Å². The van der Waals surface area contributed by atoms with Crippen molar-refractivity contribution >= 4 is 11.9 Å². The van der Waals surface area contributed by atoms with E-state index < -0.39 is 23.8 Å². The van der Waals surface area contributed by atoms with Crippen molar-refractivity contribution in [2.24, 2.45) is 17.8 Å². The highest BCUT2D eigenvalue weighted by Gasteiger charge is 2.30. The van der Waals surface area contributed by atoms with Crippen LogP contribution in [0.4, 0.5) is 0 Å². The standard InChI is InChI=1S/C22H34O5/c1-13(2)9-19(21(23)24)17-8-7-16(27-12-15(5)6)11-18(17)20(22(25)26)10-14(3)4/h7-8,11,13-15,19-20H,9-10,12H2,1-6H3,(H,23,24)(H,25,26). The molecule has 0 amide bonds. The first-order valence-corrected chi connectivity index (χ1v) is 9.75. The molecule has 0 bridgehead atoms. The van der Waals surface area contributed by atoms with Crippen LogP contribution in [0.15, 0.2) is 18.2 Å². The zero-order valence-electron chi connectivity index (χ0n) is 17.4. The van der Waals surface area contributed by atoms with Gasteiger partial charge in [-0.25, -0.2) is 0 Å². The smallest absolute Gasteiger partial charge is 0.310 e. The zero-order valence-corrected chi connectivity index (χ0v) is 17.4.